The Morgan fingerprint density at radius 3 is 2.80 bits per heavy atom. The number of hydrogen-bond donors (Lipinski definition) is 1. The molecule has 0 amide bonds. The van der Waals surface area contributed by atoms with Crippen LogP contribution in [-0.4, -0.2) is 29.3 Å². The van der Waals surface area contributed by atoms with Crippen LogP contribution in [0, 0.1) is 6.92 Å². The van der Waals surface area contributed by atoms with E-state index in [0.717, 1.165) is 5.69 Å². The monoisotopic (exact) mass is 211 g/mol. The minimum Gasteiger partial charge on any atom is -0.472 e. The Bertz CT molecular complexity index is 297. The normalized spacial score (nSPS) is 12.5. The molecule has 15 heavy (non-hydrogen) atoms. The average Bonchev–Trinajstić information content (AvgIpc) is 2.13. The molecule has 0 radical (unpaired) electrons. The summed E-state index contributed by atoms with van der Waals surface area (Å²) in [5.41, 5.74) is 6.29. The van der Waals surface area contributed by atoms with Gasteiger partial charge in [0.05, 0.1) is 6.61 Å². The number of aryl methyl sites for hydroxylation is 1. The van der Waals surface area contributed by atoms with Gasteiger partial charge in [0, 0.05) is 18.4 Å². The van der Waals surface area contributed by atoms with E-state index in [2.05, 4.69) is 9.97 Å². The van der Waals surface area contributed by atoms with Gasteiger partial charge in [0.2, 0.25) is 11.8 Å². The molecule has 0 bridgehead atoms. The zero-order valence-corrected chi connectivity index (χ0v) is 9.36. The maximum atomic E-state index is 5.52. The van der Waals surface area contributed by atoms with Crippen LogP contribution >= 0.6 is 0 Å². The Morgan fingerprint density at radius 1 is 1.47 bits per heavy atom. The van der Waals surface area contributed by atoms with Crippen molar-refractivity contribution in [1.29, 1.82) is 0 Å². The lowest BCUT2D eigenvalue weighted by Crippen LogP contribution is -2.20. The highest BCUT2D eigenvalue weighted by Crippen LogP contribution is 2.11. The summed E-state index contributed by atoms with van der Waals surface area (Å²) in [6, 6.07) is 1.75. The summed E-state index contributed by atoms with van der Waals surface area (Å²) in [6.07, 6.45) is -0.0429. The molecule has 2 N–H and O–H groups in total. The fourth-order valence-corrected chi connectivity index (χ4v) is 1.15. The Morgan fingerprint density at radius 2 is 2.20 bits per heavy atom. The molecule has 84 valence electrons. The van der Waals surface area contributed by atoms with Crippen molar-refractivity contribution in [3.05, 3.63) is 11.8 Å². The van der Waals surface area contributed by atoms with Crippen LogP contribution < -0.4 is 10.5 Å². The van der Waals surface area contributed by atoms with E-state index in [4.69, 9.17) is 15.2 Å². The second kappa shape index (κ2) is 5.50. The molecule has 0 fully saturated rings. The topological polar surface area (TPSA) is 70.3 Å². The average molecular weight is 211 g/mol. The van der Waals surface area contributed by atoms with E-state index in [0.29, 0.717) is 19.1 Å². The zero-order chi connectivity index (χ0) is 11.3. The predicted octanol–water partition coefficient (Wildman–Crippen LogP) is 1.17. The van der Waals surface area contributed by atoms with Crippen molar-refractivity contribution in [2.75, 3.05) is 18.9 Å². The molecule has 1 unspecified atom stereocenters. The number of hydrogen-bond acceptors (Lipinski definition) is 5. The third kappa shape index (κ3) is 4.12. The van der Waals surface area contributed by atoms with Gasteiger partial charge in [0.1, 0.15) is 6.10 Å². The van der Waals surface area contributed by atoms with Crippen LogP contribution in [0.5, 0.6) is 5.88 Å². The number of aromatic nitrogens is 2. The first-order valence-corrected chi connectivity index (χ1v) is 4.97. The van der Waals surface area contributed by atoms with Gasteiger partial charge in [-0.15, -0.1) is 0 Å². The van der Waals surface area contributed by atoms with Crippen molar-refractivity contribution in [1.82, 2.24) is 9.97 Å². The summed E-state index contributed by atoms with van der Waals surface area (Å²) in [5.74, 6) is 0.723. The SMILES string of the molecule is CCOCC(C)Oc1cc(C)nc(N)n1. The summed E-state index contributed by atoms with van der Waals surface area (Å²) >= 11 is 0. The predicted molar refractivity (Wildman–Crippen MR) is 57.8 cm³/mol. The van der Waals surface area contributed by atoms with E-state index in [1.807, 2.05) is 20.8 Å². The van der Waals surface area contributed by atoms with Gasteiger partial charge >= 0.3 is 0 Å². The van der Waals surface area contributed by atoms with Crippen LogP contribution in [0.4, 0.5) is 5.95 Å². The smallest absolute Gasteiger partial charge is 0.223 e. The van der Waals surface area contributed by atoms with Crippen molar-refractivity contribution in [3.63, 3.8) is 0 Å². The lowest BCUT2D eigenvalue weighted by molar-refractivity contribution is 0.0633. The lowest BCUT2D eigenvalue weighted by Gasteiger charge is -2.13. The zero-order valence-electron chi connectivity index (χ0n) is 9.36. The van der Waals surface area contributed by atoms with Crippen molar-refractivity contribution in [2.45, 2.75) is 26.9 Å². The van der Waals surface area contributed by atoms with Gasteiger partial charge in [-0.3, -0.25) is 0 Å². The van der Waals surface area contributed by atoms with Gasteiger partial charge in [-0.25, -0.2) is 4.98 Å². The molecule has 5 nitrogen and oxygen atoms in total. The van der Waals surface area contributed by atoms with Gasteiger partial charge in [0.15, 0.2) is 0 Å². The van der Waals surface area contributed by atoms with Crippen LogP contribution in [0.1, 0.15) is 19.5 Å². The highest BCUT2D eigenvalue weighted by Gasteiger charge is 2.06. The Balaban J connectivity index is 2.56. The highest BCUT2D eigenvalue weighted by atomic mass is 16.5. The third-order valence-corrected chi connectivity index (χ3v) is 1.73. The maximum absolute atomic E-state index is 5.52. The van der Waals surface area contributed by atoms with Crippen LogP contribution in [0.3, 0.4) is 0 Å². The number of anilines is 1. The molecule has 1 atom stereocenters. The molecular weight excluding hydrogens is 194 g/mol. The molecule has 1 aromatic rings. The lowest BCUT2D eigenvalue weighted by atomic mass is 10.4. The van der Waals surface area contributed by atoms with Gasteiger partial charge in [0.25, 0.3) is 0 Å². The van der Waals surface area contributed by atoms with Gasteiger partial charge < -0.3 is 15.2 Å². The van der Waals surface area contributed by atoms with Gasteiger partial charge in [-0.1, -0.05) is 0 Å². The highest BCUT2D eigenvalue weighted by molar-refractivity contribution is 5.25. The molecular formula is C10H17N3O2. The largest absolute Gasteiger partial charge is 0.472 e. The molecule has 0 aliphatic carbocycles. The van der Waals surface area contributed by atoms with Gasteiger partial charge in [-0.05, 0) is 20.8 Å². The first kappa shape index (κ1) is 11.7. The summed E-state index contributed by atoms with van der Waals surface area (Å²) < 4.78 is 10.8. The van der Waals surface area contributed by atoms with E-state index in [-0.39, 0.29) is 12.1 Å². The number of ether oxygens (including phenoxy) is 2. The standard InChI is InChI=1S/C10H17N3O2/c1-4-14-6-8(3)15-9-5-7(2)12-10(11)13-9/h5,8H,4,6H2,1-3H3,(H2,11,12,13). The molecule has 1 aromatic heterocycles. The molecule has 1 rings (SSSR count). The van der Waals surface area contributed by atoms with Crippen LogP contribution in [0.15, 0.2) is 6.07 Å². The third-order valence-electron chi connectivity index (χ3n) is 1.73. The van der Waals surface area contributed by atoms with Crippen molar-refractivity contribution in [3.8, 4) is 5.88 Å². The summed E-state index contributed by atoms with van der Waals surface area (Å²) in [5, 5.41) is 0. The molecule has 0 aliphatic heterocycles. The fraction of sp³-hybridized carbons (Fsp3) is 0.600. The summed E-state index contributed by atoms with van der Waals surface area (Å²) in [7, 11) is 0. The first-order chi connectivity index (χ1) is 7.11. The van der Waals surface area contributed by atoms with E-state index in [9.17, 15) is 0 Å². The molecule has 5 heteroatoms. The van der Waals surface area contributed by atoms with Crippen molar-refractivity contribution >= 4 is 5.95 Å². The number of nitrogens with two attached hydrogens (primary N) is 1. The second-order valence-corrected chi connectivity index (χ2v) is 3.29. The van der Waals surface area contributed by atoms with Crippen LogP contribution in [-0.2, 0) is 4.74 Å². The minimum absolute atomic E-state index is 0.0429. The van der Waals surface area contributed by atoms with E-state index in [1.165, 1.54) is 0 Å². The number of nitrogen functional groups attached to an aromatic ring is 1. The fourth-order valence-electron chi connectivity index (χ4n) is 1.15. The van der Waals surface area contributed by atoms with E-state index in [1.54, 1.807) is 6.07 Å². The van der Waals surface area contributed by atoms with E-state index >= 15 is 0 Å². The molecule has 0 spiro atoms. The summed E-state index contributed by atoms with van der Waals surface area (Å²) in [6.45, 7) is 6.93. The number of rotatable bonds is 5. The van der Waals surface area contributed by atoms with Gasteiger partial charge in [-0.2, -0.15) is 4.98 Å². The Kier molecular flexibility index (Phi) is 4.30. The molecule has 0 saturated carbocycles. The Labute approximate surface area is 89.6 Å². The number of nitrogens with zero attached hydrogens (tertiary/aromatic N) is 2. The molecule has 1 heterocycles. The van der Waals surface area contributed by atoms with Crippen LogP contribution in [0.25, 0.3) is 0 Å². The second-order valence-electron chi connectivity index (χ2n) is 3.29. The quantitative estimate of drug-likeness (QED) is 0.791. The van der Waals surface area contributed by atoms with E-state index < -0.39 is 0 Å². The molecule has 0 saturated heterocycles. The first-order valence-electron chi connectivity index (χ1n) is 4.97. The van der Waals surface area contributed by atoms with Crippen molar-refractivity contribution < 1.29 is 9.47 Å². The maximum Gasteiger partial charge on any atom is 0.223 e. The minimum atomic E-state index is -0.0429. The summed E-state index contributed by atoms with van der Waals surface area (Å²) in [4.78, 5) is 7.93. The van der Waals surface area contributed by atoms with Crippen molar-refractivity contribution in [2.24, 2.45) is 0 Å². The molecule has 0 aromatic carbocycles. The Hall–Kier alpha value is -1.36. The van der Waals surface area contributed by atoms with Crippen LogP contribution in [0.2, 0.25) is 0 Å². The molecule has 0 aliphatic rings.